The average molecular weight is 261 g/mol. The minimum atomic E-state index is -3.42. The fourth-order valence-corrected chi connectivity index (χ4v) is 1.67. The molecule has 8 nitrogen and oxygen atoms in total. The lowest BCUT2D eigenvalue weighted by molar-refractivity contribution is 0.398. The number of nitrogens with two attached hydrogens (primary N) is 2. The fraction of sp³-hybridized carbons (Fsp3) is 0.500. The van der Waals surface area contributed by atoms with Gasteiger partial charge >= 0.3 is 0 Å². The number of aromatic nitrogens is 2. The second-order valence-corrected chi connectivity index (χ2v) is 5.04. The van der Waals surface area contributed by atoms with Crippen molar-refractivity contribution >= 4 is 21.8 Å². The Morgan fingerprint density at radius 2 is 2.18 bits per heavy atom. The van der Waals surface area contributed by atoms with E-state index in [1.165, 1.54) is 7.11 Å². The molecule has 96 valence electrons. The first kappa shape index (κ1) is 13.5. The monoisotopic (exact) mass is 261 g/mol. The lowest BCUT2D eigenvalue weighted by atomic mass is 10.4. The number of rotatable bonds is 6. The molecule has 1 rings (SSSR count). The van der Waals surface area contributed by atoms with Gasteiger partial charge in [-0.2, -0.15) is 9.97 Å². The maximum Gasteiger partial charge on any atom is 0.225 e. The van der Waals surface area contributed by atoms with Crippen LogP contribution in [-0.2, 0) is 10.0 Å². The highest BCUT2D eigenvalue weighted by atomic mass is 32.2. The molecule has 0 saturated heterocycles. The normalized spacial score (nSPS) is 11.2. The Morgan fingerprint density at radius 1 is 1.47 bits per heavy atom. The van der Waals surface area contributed by atoms with E-state index in [4.69, 9.17) is 15.6 Å². The number of primary sulfonamides is 1. The standard InChI is InChI=1S/C8H15N5O3S/c1-16-7-5-6(12-8(9)13-7)11-3-2-4-17(10,14)15/h5H,2-4H2,1H3,(H2,10,14,15)(H3,9,11,12,13). The van der Waals surface area contributed by atoms with E-state index in [9.17, 15) is 8.42 Å². The predicted molar refractivity (Wildman–Crippen MR) is 64.1 cm³/mol. The smallest absolute Gasteiger partial charge is 0.225 e. The third-order valence-electron chi connectivity index (χ3n) is 1.84. The molecular formula is C8H15N5O3S. The van der Waals surface area contributed by atoms with Crippen LogP contribution in [0.3, 0.4) is 0 Å². The molecule has 0 aliphatic carbocycles. The lowest BCUT2D eigenvalue weighted by Crippen LogP contribution is -2.19. The summed E-state index contributed by atoms with van der Waals surface area (Å²) in [5.74, 6) is 0.811. The van der Waals surface area contributed by atoms with E-state index in [2.05, 4.69) is 15.3 Å². The largest absolute Gasteiger partial charge is 0.481 e. The SMILES string of the molecule is COc1cc(NCCCS(N)(=O)=O)nc(N)n1. The van der Waals surface area contributed by atoms with Crippen LogP contribution in [0, 0.1) is 0 Å². The van der Waals surface area contributed by atoms with Gasteiger partial charge in [0.1, 0.15) is 5.82 Å². The number of hydrogen-bond acceptors (Lipinski definition) is 7. The van der Waals surface area contributed by atoms with Crippen LogP contribution in [0.15, 0.2) is 6.07 Å². The van der Waals surface area contributed by atoms with Crippen molar-refractivity contribution in [2.45, 2.75) is 6.42 Å². The van der Waals surface area contributed by atoms with Crippen molar-refractivity contribution in [3.63, 3.8) is 0 Å². The molecule has 0 atom stereocenters. The highest BCUT2D eigenvalue weighted by Gasteiger charge is 2.04. The van der Waals surface area contributed by atoms with Gasteiger partial charge in [-0.25, -0.2) is 13.6 Å². The van der Waals surface area contributed by atoms with Crippen molar-refractivity contribution in [3.8, 4) is 5.88 Å². The average Bonchev–Trinajstić information content (AvgIpc) is 2.22. The van der Waals surface area contributed by atoms with Gasteiger partial charge in [0.05, 0.1) is 12.9 Å². The van der Waals surface area contributed by atoms with Crippen LogP contribution in [0.25, 0.3) is 0 Å². The first-order valence-corrected chi connectivity index (χ1v) is 6.55. The zero-order chi connectivity index (χ0) is 12.9. The molecule has 0 saturated carbocycles. The van der Waals surface area contributed by atoms with E-state index >= 15 is 0 Å². The summed E-state index contributed by atoms with van der Waals surface area (Å²) in [4.78, 5) is 7.72. The molecule has 0 amide bonds. The molecule has 17 heavy (non-hydrogen) atoms. The molecule has 0 aromatic carbocycles. The van der Waals surface area contributed by atoms with Gasteiger partial charge in [0.15, 0.2) is 0 Å². The van der Waals surface area contributed by atoms with Crippen molar-refractivity contribution in [1.29, 1.82) is 0 Å². The molecule has 0 bridgehead atoms. The number of anilines is 2. The van der Waals surface area contributed by atoms with Gasteiger partial charge in [0.2, 0.25) is 21.9 Å². The van der Waals surface area contributed by atoms with Gasteiger partial charge in [0, 0.05) is 12.6 Å². The molecule has 0 spiro atoms. The summed E-state index contributed by atoms with van der Waals surface area (Å²) >= 11 is 0. The molecule has 5 N–H and O–H groups in total. The van der Waals surface area contributed by atoms with Crippen LogP contribution in [0.4, 0.5) is 11.8 Å². The van der Waals surface area contributed by atoms with Crippen LogP contribution >= 0.6 is 0 Å². The Morgan fingerprint density at radius 3 is 2.76 bits per heavy atom. The number of sulfonamides is 1. The number of nitrogens with one attached hydrogen (secondary N) is 1. The van der Waals surface area contributed by atoms with Gasteiger partial charge in [-0.05, 0) is 6.42 Å². The molecule has 1 heterocycles. The number of ether oxygens (including phenoxy) is 1. The molecule has 1 aromatic rings. The number of methoxy groups -OCH3 is 1. The van der Waals surface area contributed by atoms with E-state index in [0.717, 1.165) is 0 Å². The fourth-order valence-electron chi connectivity index (χ4n) is 1.13. The molecular weight excluding hydrogens is 246 g/mol. The van der Waals surface area contributed by atoms with Gasteiger partial charge in [-0.3, -0.25) is 0 Å². The summed E-state index contributed by atoms with van der Waals surface area (Å²) in [6, 6.07) is 1.56. The zero-order valence-corrected chi connectivity index (χ0v) is 10.2. The van der Waals surface area contributed by atoms with Gasteiger partial charge < -0.3 is 15.8 Å². The molecule has 1 aromatic heterocycles. The van der Waals surface area contributed by atoms with Crippen LogP contribution in [0.1, 0.15) is 6.42 Å². The second kappa shape index (κ2) is 5.64. The van der Waals surface area contributed by atoms with Gasteiger partial charge in [-0.15, -0.1) is 0 Å². The van der Waals surface area contributed by atoms with E-state index in [0.29, 0.717) is 24.7 Å². The predicted octanol–water partition coefficient (Wildman–Crippen LogP) is -0.842. The van der Waals surface area contributed by atoms with Gasteiger partial charge in [0.25, 0.3) is 0 Å². The van der Waals surface area contributed by atoms with Crippen molar-refractivity contribution < 1.29 is 13.2 Å². The maximum atomic E-state index is 10.7. The number of nitrogen functional groups attached to an aromatic ring is 1. The second-order valence-electron chi connectivity index (χ2n) is 3.30. The maximum absolute atomic E-state index is 10.7. The number of hydrogen-bond donors (Lipinski definition) is 3. The van der Waals surface area contributed by atoms with E-state index < -0.39 is 10.0 Å². The molecule has 0 unspecified atom stereocenters. The van der Waals surface area contributed by atoms with Gasteiger partial charge in [-0.1, -0.05) is 0 Å². The highest BCUT2D eigenvalue weighted by molar-refractivity contribution is 7.89. The summed E-state index contributed by atoms with van der Waals surface area (Å²) in [6.45, 7) is 0.413. The van der Waals surface area contributed by atoms with Crippen LogP contribution < -0.4 is 20.9 Å². The number of nitrogens with zero attached hydrogens (tertiary/aromatic N) is 2. The topological polar surface area (TPSA) is 133 Å². The van der Waals surface area contributed by atoms with E-state index in [1.807, 2.05) is 0 Å². The third kappa shape index (κ3) is 5.31. The minimum Gasteiger partial charge on any atom is -0.481 e. The lowest BCUT2D eigenvalue weighted by Gasteiger charge is -2.07. The van der Waals surface area contributed by atoms with Crippen LogP contribution in [0.5, 0.6) is 5.88 Å². The third-order valence-corrected chi connectivity index (χ3v) is 2.70. The Balaban J connectivity index is 2.49. The quantitative estimate of drug-likeness (QED) is 0.568. The molecule has 0 fully saturated rings. The molecule has 0 aliphatic heterocycles. The summed E-state index contributed by atoms with van der Waals surface area (Å²) in [7, 11) is -1.96. The summed E-state index contributed by atoms with van der Waals surface area (Å²) in [6.07, 6.45) is 0.380. The first-order valence-electron chi connectivity index (χ1n) is 4.83. The zero-order valence-electron chi connectivity index (χ0n) is 9.38. The molecule has 0 radical (unpaired) electrons. The van der Waals surface area contributed by atoms with Crippen molar-refractivity contribution in [3.05, 3.63) is 6.07 Å². The Bertz CT molecular complexity index is 476. The Hall–Kier alpha value is -1.61. The molecule has 9 heteroatoms. The van der Waals surface area contributed by atoms with E-state index in [1.54, 1.807) is 6.07 Å². The Labute approximate surface area is 99.4 Å². The van der Waals surface area contributed by atoms with Crippen molar-refractivity contribution in [1.82, 2.24) is 9.97 Å². The highest BCUT2D eigenvalue weighted by Crippen LogP contribution is 2.13. The summed E-state index contributed by atoms with van der Waals surface area (Å²) in [5.41, 5.74) is 5.45. The molecule has 0 aliphatic rings. The van der Waals surface area contributed by atoms with Crippen molar-refractivity contribution in [2.24, 2.45) is 5.14 Å². The van der Waals surface area contributed by atoms with Crippen LogP contribution in [0.2, 0.25) is 0 Å². The van der Waals surface area contributed by atoms with Crippen molar-refractivity contribution in [2.75, 3.05) is 30.5 Å². The van der Waals surface area contributed by atoms with E-state index in [-0.39, 0.29) is 11.7 Å². The minimum absolute atomic E-state index is 0.0818. The Kier molecular flexibility index (Phi) is 4.46. The van der Waals surface area contributed by atoms with Crippen LogP contribution in [-0.4, -0.2) is 37.8 Å². The summed E-state index contributed by atoms with van der Waals surface area (Å²) < 4.78 is 26.3. The summed E-state index contributed by atoms with van der Waals surface area (Å²) in [5, 5.41) is 7.77. The first-order chi connectivity index (χ1) is 7.90.